The van der Waals surface area contributed by atoms with E-state index in [0.29, 0.717) is 25.7 Å². The van der Waals surface area contributed by atoms with E-state index in [9.17, 15) is 24.5 Å². The van der Waals surface area contributed by atoms with Gasteiger partial charge in [0.15, 0.2) is 0 Å². The fourth-order valence-electron chi connectivity index (χ4n) is 2.98. The highest BCUT2D eigenvalue weighted by Gasteiger charge is 2.34. The number of nitro benzene ring substituents is 1. The Morgan fingerprint density at radius 3 is 2.57 bits per heavy atom. The predicted molar refractivity (Wildman–Crippen MR) is 105 cm³/mol. The number of ether oxygens (including phenoxy) is 3. The van der Waals surface area contributed by atoms with E-state index in [-0.39, 0.29) is 23.9 Å². The van der Waals surface area contributed by atoms with Crippen LogP contribution in [0.2, 0.25) is 0 Å². The summed E-state index contributed by atoms with van der Waals surface area (Å²) in [4.78, 5) is 45.9. The van der Waals surface area contributed by atoms with E-state index in [0.717, 1.165) is 0 Å². The van der Waals surface area contributed by atoms with Gasteiger partial charge in [0.25, 0.3) is 5.69 Å². The van der Waals surface area contributed by atoms with E-state index in [2.05, 4.69) is 10.1 Å². The number of benzene rings is 1. The van der Waals surface area contributed by atoms with E-state index in [1.165, 1.54) is 31.4 Å². The molecule has 1 aliphatic rings. The second-order valence-corrected chi connectivity index (χ2v) is 7.08. The van der Waals surface area contributed by atoms with Crippen molar-refractivity contribution in [2.45, 2.75) is 38.7 Å². The number of carbonyl (C=O) groups excluding carboxylic acids is 3. The minimum absolute atomic E-state index is 0.118. The van der Waals surface area contributed by atoms with Gasteiger partial charge in [-0.25, -0.2) is 4.79 Å². The second-order valence-electron chi connectivity index (χ2n) is 7.08. The molecule has 0 radical (unpaired) electrons. The molecule has 0 saturated carbocycles. The van der Waals surface area contributed by atoms with Gasteiger partial charge in [0.05, 0.1) is 12.0 Å². The molecule has 0 fully saturated rings. The lowest BCUT2D eigenvalue weighted by molar-refractivity contribution is -0.384. The number of amides is 1. The molecule has 2 rings (SSSR count). The van der Waals surface area contributed by atoms with Crippen molar-refractivity contribution >= 4 is 23.7 Å². The quantitative estimate of drug-likeness (QED) is 0.244. The molecule has 0 saturated heterocycles. The van der Waals surface area contributed by atoms with Gasteiger partial charge in [-0.2, -0.15) is 0 Å². The van der Waals surface area contributed by atoms with E-state index in [1.807, 2.05) is 6.08 Å². The Balaban J connectivity index is 1.91. The predicted octanol–water partition coefficient (Wildman–Crippen LogP) is 2.90. The molecule has 0 bridgehead atoms. The van der Waals surface area contributed by atoms with Crippen LogP contribution in [0, 0.1) is 15.5 Å². The molecule has 0 aromatic heterocycles. The zero-order chi connectivity index (χ0) is 22.1. The number of methoxy groups -OCH3 is 1. The van der Waals surface area contributed by atoms with Crippen molar-refractivity contribution in [3.63, 3.8) is 0 Å². The zero-order valence-corrected chi connectivity index (χ0v) is 16.8. The van der Waals surface area contributed by atoms with Crippen molar-refractivity contribution in [3.8, 4) is 5.75 Å². The van der Waals surface area contributed by atoms with Gasteiger partial charge in [0.1, 0.15) is 18.4 Å². The fraction of sp³-hybridized carbons (Fsp3) is 0.450. The van der Waals surface area contributed by atoms with Gasteiger partial charge in [-0.15, -0.1) is 0 Å². The van der Waals surface area contributed by atoms with Gasteiger partial charge in [-0.3, -0.25) is 19.7 Å². The van der Waals surface area contributed by atoms with E-state index < -0.39 is 28.6 Å². The number of rotatable bonds is 6. The van der Waals surface area contributed by atoms with Crippen molar-refractivity contribution in [2.24, 2.45) is 5.41 Å². The van der Waals surface area contributed by atoms with Crippen molar-refractivity contribution < 1.29 is 33.5 Å². The van der Waals surface area contributed by atoms with Crippen molar-refractivity contribution in [3.05, 3.63) is 46.5 Å². The molecule has 0 aliphatic heterocycles. The number of allylic oxidation sites excluding steroid dienone is 1. The summed E-state index contributed by atoms with van der Waals surface area (Å²) in [6.07, 6.45) is 4.01. The highest BCUT2D eigenvalue weighted by Crippen LogP contribution is 2.33. The monoisotopic (exact) mass is 420 g/mol. The Kier molecular flexibility index (Phi) is 7.90. The first-order chi connectivity index (χ1) is 14.2. The minimum atomic E-state index is -0.948. The molecule has 10 heteroatoms. The molecule has 1 N–H and O–H groups in total. The summed E-state index contributed by atoms with van der Waals surface area (Å²) in [5.74, 6) is -0.684. The Morgan fingerprint density at radius 1 is 1.23 bits per heavy atom. The molecule has 10 nitrogen and oxygen atoms in total. The molecule has 30 heavy (non-hydrogen) atoms. The van der Waals surface area contributed by atoms with Crippen molar-refractivity contribution in [1.82, 2.24) is 5.32 Å². The van der Waals surface area contributed by atoms with Crippen LogP contribution in [0.1, 0.15) is 32.6 Å². The first-order valence-electron chi connectivity index (χ1n) is 9.38. The highest BCUT2D eigenvalue weighted by molar-refractivity contribution is 5.86. The topological polar surface area (TPSA) is 134 Å². The second kappa shape index (κ2) is 10.4. The summed E-state index contributed by atoms with van der Waals surface area (Å²) < 4.78 is 14.9. The third kappa shape index (κ3) is 6.57. The number of non-ortho nitro benzene ring substituents is 1. The fourth-order valence-corrected chi connectivity index (χ4v) is 2.98. The molecule has 1 aromatic carbocycles. The standard InChI is InChI=1S/C20H24N2O8/c1-20(18(24)21-13-17(23)28-2)11-4-3-5-15(10-12-20)29-19(25)30-16-8-6-14(7-9-16)22(26)27/h3,5-9,15H,4,10-13H2,1-2H3,(H,21,24)/b5-3+/t15-,20+/m0/s1. The van der Waals surface area contributed by atoms with Crippen LogP contribution >= 0.6 is 0 Å². The van der Waals surface area contributed by atoms with Crippen molar-refractivity contribution in [1.29, 1.82) is 0 Å². The third-order valence-corrected chi connectivity index (χ3v) is 4.86. The van der Waals surface area contributed by atoms with Gasteiger partial charge in [-0.1, -0.05) is 13.0 Å². The number of esters is 1. The van der Waals surface area contributed by atoms with Crippen LogP contribution in [0.5, 0.6) is 5.75 Å². The number of hydrogen-bond donors (Lipinski definition) is 1. The van der Waals surface area contributed by atoms with Crippen LogP contribution in [0.15, 0.2) is 36.4 Å². The smallest absolute Gasteiger partial charge is 0.468 e. The SMILES string of the molecule is COC(=O)CNC(=O)[C@]1(C)CC/C=C/[C@H](OC(=O)Oc2ccc([N+](=O)[O-])cc2)CC1. The average molecular weight is 420 g/mol. The number of nitrogens with zero attached hydrogens (tertiary/aromatic N) is 1. The molecule has 2 atom stereocenters. The third-order valence-electron chi connectivity index (χ3n) is 4.86. The van der Waals surface area contributed by atoms with Crippen LogP contribution in [0.3, 0.4) is 0 Å². The maximum absolute atomic E-state index is 12.5. The molecule has 1 aromatic rings. The first kappa shape index (κ1) is 22.9. The van der Waals surface area contributed by atoms with Crippen molar-refractivity contribution in [2.75, 3.05) is 13.7 Å². The molecule has 0 unspecified atom stereocenters. The van der Waals surface area contributed by atoms with Gasteiger partial charge in [0, 0.05) is 17.5 Å². The molecule has 1 amide bonds. The summed E-state index contributed by atoms with van der Waals surface area (Å²) in [6.45, 7) is 1.59. The number of nitro groups is 1. The molecule has 1 aliphatic carbocycles. The maximum atomic E-state index is 12.5. The summed E-state index contributed by atoms with van der Waals surface area (Å²) in [5.41, 5.74) is -0.855. The summed E-state index contributed by atoms with van der Waals surface area (Å²) in [6, 6.07) is 5.04. The lowest BCUT2D eigenvalue weighted by Gasteiger charge is -2.30. The molecule has 0 heterocycles. The van der Waals surface area contributed by atoms with Crippen LogP contribution in [0.25, 0.3) is 0 Å². The normalized spacial score (nSPS) is 22.0. The largest absolute Gasteiger partial charge is 0.514 e. The zero-order valence-electron chi connectivity index (χ0n) is 16.8. The Hall–Kier alpha value is -3.43. The number of nitrogens with one attached hydrogen (secondary N) is 1. The van der Waals surface area contributed by atoms with Gasteiger partial charge in [-0.05, 0) is 43.9 Å². The van der Waals surface area contributed by atoms with E-state index >= 15 is 0 Å². The van der Waals surface area contributed by atoms with Gasteiger partial charge in [0.2, 0.25) is 5.91 Å². The number of hydrogen-bond acceptors (Lipinski definition) is 8. The minimum Gasteiger partial charge on any atom is -0.468 e. The summed E-state index contributed by atoms with van der Waals surface area (Å²) >= 11 is 0. The molecule has 162 valence electrons. The Labute approximate surface area is 173 Å². The summed E-state index contributed by atoms with van der Waals surface area (Å²) in [5, 5.41) is 13.2. The average Bonchev–Trinajstić information content (AvgIpc) is 2.71. The van der Waals surface area contributed by atoms with Gasteiger partial charge < -0.3 is 19.5 Å². The summed E-state index contributed by atoms with van der Waals surface area (Å²) in [7, 11) is 1.24. The van der Waals surface area contributed by atoms with Crippen LogP contribution < -0.4 is 10.1 Å². The molecular weight excluding hydrogens is 396 g/mol. The maximum Gasteiger partial charge on any atom is 0.514 e. The van der Waals surface area contributed by atoms with Crippen LogP contribution in [-0.4, -0.2) is 42.7 Å². The lowest BCUT2D eigenvalue weighted by atomic mass is 9.78. The lowest BCUT2D eigenvalue weighted by Crippen LogP contribution is -2.42. The van der Waals surface area contributed by atoms with Crippen LogP contribution in [0.4, 0.5) is 10.5 Å². The van der Waals surface area contributed by atoms with E-state index in [4.69, 9.17) is 9.47 Å². The molecule has 0 spiro atoms. The Bertz CT molecular complexity index is 821. The van der Waals surface area contributed by atoms with E-state index in [1.54, 1.807) is 13.0 Å². The highest BCUT2D eigenvalue weighted by atomic mass is 16.7. The Morgan fingerprint density at radius 2 is 1.93 bits per heavy atom. The van der Waals surface area contributed by atoms with Gasteiger partial charge >= 0.3 is 12.1 Å². The first-order valence-corrected chi connectivity index (χ1v) is 9.38. The van der Waals surface area contributed by atoms with Crippen LogP contribution in [-0.2, 0) is 19.1 Å². The molecular formula is C20H24N2O8. The number of carbonyl (C=O) groups is 3.